The zero-order valence-corrected chi connectivity index (χ0v) is 19.8. The van der Waals surface area contributed by atoms with Crippen LogP contribution in [0.4, 0.5) is 4.39 Å². The molecule has 2 aromatic heterocycles. The van der Waals surface area contributed by atoms with Crippen molar-refractivity contribution in [2.45, 2.75) is 19.1 Å². The number of carbonyl (C=O) groups excluding carboxylic acids is 1. The molecule has 0 saturated heterocycles. The minimum atomic E-state index is -0.583. The maximum Gasteiger partial charge on any atom is 0.185 e. The molecule has 5 aromatic rings. The minimum Gasteiger partial charge on any atom is -0.390 e. The van der Waals surface area contributed by atoms with Crippen molar-refractivity contribution in [3.63, 3.8) is 0 Å². The van der Waals surface area contributed by atoms with E-state index in [-0.39, 0.29) is 11.6 Å². The van der Waals surface area contributed by atoms with Crippen LogP contribution in [0, 0.1) is 5.82 Å². The summed E-state index contributed by atoms with van der Waals surface area (Å²) in [6, 6.07) is 21.9. The first-order valence-electron chi connectivity index (χ1n) is 12.1. The smallest absolute Gasteiger partial charge is 0.185 e. The van der Waals surface area contributed by atoms with Crippen molar-refractivity contribution in [1.82, 2.24) is 14.9 Å². The summed E-state index contributed by atoms with van der Waals surface area (Å²) in [5, 5.41) is 16.1. The van der Waals surface area contributed by atoms with Gasteiger partial charge < -0.3 is 20.0 Å². The van der Waals surface area contributed by atoms with Crippen LogP contribution in [0.2, 0.25) is 0 Å². The van der Waals surface area contributed by atoms with E-state index < -0.39 is 6.10 Å². The Morgan fingerprint density at radius 1 is 1.06 bits per heavy atom. The van der Waals surface area contributed by atoms with Crippen molar-refractivity contribution < 1.29 is 14.3 Å². The number of aromatic amines is 1. The second-order valence-corrected chi connectivity index (χ2v) is 8.93. The van der Waals surface area contributed by atoms with Crippen LogP contribution >= 0.6 is 0 Å². The largest absolute Gasteiger partial charge is 0.390 e. The second kappa shape index (κ2) is 10.7. The number of carbonyl (C=O) groups is 1. The van der Waals surface area contributed by atoms with E-state index in [1.165, 1.54) is 12.1 Å². The predicted molar refractivity (Wildman–Crippen MR) is 143 cm³/mol. The van der Waals surface area contributed by atoms with Gasteiger partial charge in [-0.15, -0.1) is 0 Å². The van der Waals surface area contributed by atoms with Gasteiger partial charge in [-0.25, -0.2) is 4.39 Å². The molecule has 3 aromatic carbocycles. The van der Waals surface area contributed by atoms with E-state index in [0.717, 1.165) is 39.4 Å². The number of ketones is 1. The van der Waals surface area contributed by atoms with Crippen molar-refractivity contribution in [1.29, 1.82) is 0 Å². The Bertz CT molecular complexity index is 1520. The molecular formula is C30H28FN3O2. The number of para-hydroxylation sites is 1. The molecule has 3 N–H and O–H groups in total. The highest BCUT2D eigenvalue weighted by atomic mass is 19.1. The lowest BCUT2D eigenvalue weighted by Crippen LogP contribution is -2.31. The van der Waals surface area contributed by atoms with E-state index in [1.807, 2.05) is 65.5 Å². The first kappa shape index (κ1) is 23.7. The zero-order chi connectivity index (χ0) is 24.9. The highest BCUT2D eigenvalue weighted by molar-refractivity contribution is 6.07. The van der Waals surface area contributed by atoms with Crippen molar-refractivity contribution in [2.75, 3.05) is 13.1 Å². The van der Waals surface area contributed by atoms with Gasteiger partial charge in [0.1, 0.15) is 5.82 Å². The fraction of sp³-hybridized carbons (Fsp3) is 0.167. The minimum absolute atomic E-state index is 0.0444. The van der Waals surface area contributed by atoms with Gasteiger partial charge >= 0.3 is 0 Å². The number of allylic oxidation sites excluding steroid dienone is 1. The summed E-state index contributed by atoms with van der Waals surface area (Å²) in [5.41, 5.74) is 4.50. The van der Waals surface area contributed by atoms with Gasteiger partial charge in [-0.05, 0) is 54.9 Å². The molecular weight excluding hydrogens is 453 g/mol. The maximum atomic E-state index is 13.4. The van der Waals surface area contributed by atoms with Crippen LogP contribution in [0.15, 0.2) is 91.3 Å². The number of hydrogen-bond donors (Lipinski definition) is 3. The predicted octanol–water partition coefficient (Wildman–Crippen LogP) is 5.35. The molecule has 1 atom stereocenters. The Hall–Kier alpha value is -4.00. The third-order valence-electron chi connectivity index (χ3n) is 6.38. The average Bonchev–Trinajstić information content (AvgIpc) is 3.46. The molecule has 0 unspecified atom stereocenters. The Balaban J connectivity index is 1.20. The number of nitrogens with one attached hydrogen (secondary N) is 2. The molecule has 5 nitrogen and oxygen atoms in total. The van der Waals surface area contributed by atoms with Crippen LogP contribution in [0.25, 0.3) is 27.9 Å². The van der Waals surface area contributed by atoms with Crippen LogP contribution < -0.4 is 5.32 Å². The number of benzene rings is 3. The highest BCUT2D eigenvalue weighted by Crippen LogP contribution is 2.23. The molecule has 182 valence electrons. The van der Waals surface area contributed by atoms with E-state index in [2.05, 4.69) is 10.3 Å². The van der Waals surface area contributed by atoms with E-state index in [1.54, 1.807) is 24.3 Å². The van der Waals surface area contributed by atoms with Crippen LogP contribution in [0.5, 0.6) is 0 Å². The summed E-state index contributed by atoms with van der Waals surface area (Å²) in [4.78, 5) is 15.6. The molecule has 0 bridgehead atoms. The van der Waals surface area contributed by atoms with Crippen molar-refractivity contribution in [2.24, 2.45) is 0 Å². The number of halogens is 1. The molecule has 5 rings (SSSR count). The lowest BCUT2D eigenvalue weighted by molar-refractivity contribution is 0.104. The molecule has 36 heavy (non-hydrogen) atoms. The summed E-state index contributed by atoms with van der Waals surface area (Å²) in [7, 11) is 0. The first-order valence-corrected chi connectivity index (χ1v) is 12.1. The van der Waals surface area contributed by atoms with Crippen LogP contribution in [-0.2, 0) is 13.0 Å². The fourth-order valence-electron chi connectivity index (χ4n) is 4.57. The molecule has 0 aliphatic rings. The average molecular weight is 482 g/mol. The van der Waals surface area contributed by atoms with E-state index in [9.17, 15) is 14.3 Å². The van der Waals surface area contributed by atoms with Gasteiger partial charge in [0.15, 0.2) is 5.78 Å². The molecule has 0 aliphatic heterocycles. The Morgan fingerprint density at radius 2 is 1.86 bits per heavy atom. The maximum absolute atomic E-state index is 13.4. The van der Waals surface area contributed by atoms with Crippen LogP contribution in [0.3, 0.4) is 0 Å². The molecule has 0 amide bonds. The number of fused-ring (bicyclic) bond motifs is 2. The normalized spacial score (nSPS) is 12.6. The van der Waals surface area contributed by atoms with Gasteiger partial charge in [0.2, 0.25) is 0 Å². The summed E-state index contributed by atoms with van der Waals surface area (Å²) >= 11 is 0. The van der Waals surface area contributed by atoms with E-state index in [4.69, 9.17) is 0 Å². The molecule has 0 fully saturated rings. The second-order valence-electron chi connectivity index (χ2n) is 8.93. The molecule has 0 spiro atoms. The molecule has 0 aliphatic carbocycles. The van der Waals surface area contributed by atoms with Crippen molar-refractivity contribution in [3.05, 3.63) is 114 Å². The Labute approximate surface area is 208 Å². The lowest BCUT2D eigenvalue weighted by atomic mass is 10.1. The lowest BCUT2D eigenvalue weighted by Gasteiger charge is -2.13. The topological polar surface area (TPSA) is 70.1 Å². The number of aliphatic hydroxyl groups excluding tert-OH is 1. The monoisotopic (exact) mass is 481 g/mol. The third-order valence-corrected chi connectivity index (χ3v) is 6.38. The Morgan fingerprint density at radius 3 is 2.72 bits per heavy atom. The fourth-order valence-corrected chi connectivity index (χ4v) is 4.57. The zero-order valence-electron chi connectivity index (χ0n) is 19.8. The van der Waals surface area contributed by atoms with Gasteiger partial charge in [-0.2, -0.15) is 0 Å². The van der Waals surface area contributed by atoms with Gasteiger partial charge in [-0.1, -0.05) is 48.5 Å². The van der Waals surface area contributed by atoms with Crippen LogP contribution in [-0.4, -0.2) is 39.6 Å². The van der Waals surface area contributed by atoms with Gasteiger partial charge in [0.05, 0.1) is 6.10 Å². The SMILES string of the molecule is O=C(/C=C/c1cn(C[C@H](O)CNCCc2c[nH]c3cc(F)ccc23)c2ccccc12)c1ccccc1. The summed E-state index contributed by atoms with van der Waals surface area (Å²) in [6.07, 6.45) is 7.51. The Kier molecular flexibility index (Phi) is 7.07. The van der Waals surface area contributed by atoms with Gasteiger partial charge in [0, 0.05) is 58.4 Å². The number of aromatic nitrogens is 2. The molecule has 2 heterocycles. The van der Waals surface area contributed by atoms with E-state index >= 15 is 0 Å². The number of nitrogens with zero attached hydrogens (tertiary/aromatic N) is 1. The summed E-state index contributed by atoms with van der Waals surface area (Å²) in [6.45, 7) is 1.57. The summed E-state index contributed by atoms with van der Waals surface area (Å²) < 4.78 is 15.4. The van der Waals surface area contributed by atoms with Crippen molar-refractivity contribution >= 4 is 33.7 Å². The number of hydrogen-bond acceptors (Lipinski definition) is 3. The van der Waals surface area contributed by atoms with Crippen LogP contribution in [0.1, 0.15) is 21.5 Å². The number of aliphatic hydroxyl groups is 1. The number of rotatable bonds is 10. The number of H-pyrrole nitrogens is 1. The van der Waals surface area contributed by atoms with E-state index in [0.29, 0.717) is 25.2 Å². The highest BCUT2D eigenvalue weighted by Gasteiger charge is 2.11. The van der Waals surface area contributed by atoms with Gasteiger partial charge in [-0.3, -0.25) is 4.79 Å². The summed E-state index contributed by atoms with van der Waals surface area (Å²) in [5.74, 6) is -0.298. The third kappa shape index (κ3) is 5.30. The molecule has 6 heteroatoms. The standard InChI is InChI=1S/C30H28FN3O2/c31-24-11-12-26-22(17-33-28(26)16-24)14-15-32-18-25(35)20-34-19-23(27-8-4-5-9-29(27)34)10-13-30(36)21-6-2-1-3-7-21/h1-13,16-17,19,25,32-33,35H,14-15,18,20H2/b13-10+/t25-/m1/s1. The molecule has 0 saturated carbocycles. The molecule has 0 radical (unpaired) electrons. The quantitative estimate of drug-likeness (QED) is 0.143. The van der Waals surface area contributed by atoms with Crippen molar-refractivity contribution in [3.8, 4) is 0 Å². The first-order chi connectivity index (χ1) is 17.6. The van der Waals surface area contributed by atoms with Gasteiger partial charge in [0.25, 0.3) is 0 Å².